The molecule has 3 radical (unpaired) electrons. The van der Waals surface area contributed by atoms with Gasteiger partial charge in [-0.1, -0.05) is 19.3 Å². The van der Waals surface area contributed by atoms with E-state index in [0.717, 1.165) is 0 Å². The molecule has 0 aliphatic heterocycles. The number of rotatable bonds is 5. The lowest BCUT2D eigenvalue weighted by Gasteiger charge is -2.31. The molecule has 3 nitrogen and oxygen atoms in total. The molecule has 1 saturated carbocycles. The van der Waals surface area contributed by atoms with Crippen molar-refractivity contribution in [1.29, 1.82) is 0 Å². The topological polar surface area (TPSA) is 30.5 Å². The van der Waals surface area contributed by atoms with Crippen molar-refractivity contribution in [3.05, 3.63) is 0 Å². The SMILES string of the molecule is COC([Si])(CNC1CCCCC1)OC. The lowest BCUT2D eigenvalue weighted by Crippen LogP contribution is -2.48. The van der Waals surface area contributed by atoms with Crippen LogP contribution in [-0.4, -0.2) is 42.5 Å². The molecular formula is C10H20NO2Si. The van der Waals surface area contributed by atoms with Crippen molar-refractivity contribution >= 4 is 10.2 Å². The van der Waals surface area contributed by atoms with E-state index in [9.17, 15) is 0 Å². The quantitative estimate of drug-likeness (QED) is 0.547. The van der Waals surface area contributed by atoms with Gasteiger partial charge in [-0.3, -0.25) is 0 Å². The summed E-state index contributed by atoms with van der Waals surface area (Å²) >= 11 is 0. The van der Waals surface area contributed by atoms with Crippen LogP contribution in [-0.2, 0) is 9.47 Å². The van der Waals surface area contributed by atoms with Crippen molar-refractivity contribution in [2.24, 2.45) is 0 Å². The van der Waals surface area contributed by atoms with Gasteiger partial charge in [-0.15, -0.1) is 0 Å². The first-order valence-electron chi connectivity index (χ1n) is 5.29. The van der Waals surface area contributed by atoms with E-state index in [0.29, 0.717) is 12.6 Å². The van der Waals surface area contributed by atoms with Crippen molar-refractivity contribution < 1.29 is 9.47 Å². The normalized spacial score (nSPS) is 19.9. The van der Waals surface area contributed by atoms with Gasteiger partial charge in [-0.2, -0.15) is 0 Å². The molecule has 1 aliphatic rings. The summed E-state index contributed by atoms with van der Waals surface area (Å²) in [7, 11) is 6.73. The summed E-state index contributed by atoms with van der Waals surface area (Å²) in [5.41, 5.74) is -0.669. The number of hydrogen-bond acceptors (Lipinski definition) is 3. The smallest absolute Gasteiger partial charge is 0.155 e. The van der Waals surface area contributed by atoms with Gasteiger partial charge in [0.2, 0.25) is 0 Å². The van der Waals surface area contributed by atoms with Gasteiger partial charge in [0.1, 0.15) is 10.2 Å². The number of methoxy groups -OCH3 is 2. The fourth-order valence-electron chi connectivity index (χ4n) is 1.81. The molecule has 0 bridgehead atoms. The minimum Gasteiger partial charge on any atom is -0.357 e. The third kappa shape index (κ3) is 3.69. The van der Waals surface area contributed by atoms with Gasteiger partial charge in [0, 0.05) is 26.8 Å². The molecular weight excluding hydrogens is 194 g/mol. The average Bonchev–Trinajstić information content (AvgIpc) is 2.27. The van der Waals surface area contributed by atoms with E-state index in [2.05, 4.69) is 15.6 Å². The summed E-state index contributed by atoms with van der Waals surface area (Å²) in [4.78, 5) is 0. The third-order valence-corrected chi connectivity index (χ3v) is 3.47. The van der Waals surface area contributed by atoms with Crippen LogP contribution in [0.2, 0.25) is 0 Å². The fraction of sp³-hybridized carbons (Fsp3) is 1.00. The summed E-state index contributed by atoms with van der Waals surface area (Å²) in [6, 6.07) is 0.629. The standard InChI is InChI=1S/C10H20NO2Si/c1-12-10(14,13-2)8-11-9-6-4-3-5-7-9/h9,11H,3-8H2,1-2H3. The van der Waals surface area contributed by atoms with Gasteiger partial charge in [0.25, 0.3) is 0 Å². The molecule has 0 amide bonds. The Labute approximate surface area is 90.0 Å². The van der Waals surface area contributed by atoms with E-state index in [1.54, 1.807) is 14.2 Å². The molecule has 0 aromatic rings. The molecule has 1 N–H and O–H groups in total. The Morgan fingerprint density at radius 3 is 2.29 bits per heavy atom. The highest BCUT2D eigenvalue weighted by atomic mass is 28.1. The Bertz CT molecular complexity index is 156. The second-order valence-electron chi connectivity index (χ2n) is 3.88. The van der Waals surface area contributed by atoms with Crippen LogP contribution in [0.3, 0.4) is 0 Å². The molecule has 0 unspecified atom stereocenters. The highest BCUT2D eigenvalue weighted by Crippen LogP contribution is 2.18. The minimum atomic E-state index is -0.669. The molecule has 0 heterocycles. The monoisotopic (exact) mass is 214 g/mol. The van der Waals surface area contributed by atoms with Crippen molar-refractivity contribution in [3.8, 4) is 0 Å². The first-order chi connectivity index (χ1) is 6.70. The number of ether oxygens (including phenoxy) is 2. The van der Waals surface area contributed by atoms with Gasteiger partial charge in [-0.25, -0.2) is 0 Å². The van der Waals surface area contributed by atoms with Crippen molar-refractivity contribution in [2.45, 2.75) is 43.6 Å². The average molecular weight is 214 g/mol. The molecule has 4 heteroatoms. The van der Waals surface area contributed by atoms with Crippen LogP contribution >= 0.6 is 0 Å². The molecule has 0 aromatic heterocycles. The third-order valence-electron chi connectivity index (χ3n) is 2.89. The Morgan fingerprint density at radius 1 is 1.21 bits per heavy atom. The molecule has 1 fully saturated rings. The van der Waals surface area contributed by atoms with Gasteiger partial charge < -0.3 is 14.8 Å². The van der Waals surface area contributed by atoms with E-state index >= 15 is 0 Å². The zero-order valence-electron chi connectivity index (χ0n) is 9.14. The van der Waals surface area contributed by atoms with E-state index in [-0.39, 0.29) is 0 Å². The molecule has 0 saturated heterocycles. The van der Waals surface area contributed by atoms with Crippen molar-refractivity contribution in [2.75, 3.05) is 20.8 Å². The zero-order valence-corrected chi connectivity index (χ0v) is 10.1. The summed E-state index contributed by atoms with van der Waals surface area (Å²) < 4.78 is 10.4. The van der Waals surface area contributed by atoms with Crippen molar-refractivity contribution in [3.63, 3.8) is 0 Å². The molecule has 0 atom stereocenters. The van der Waals surface area contributed by atoms with Crippen LogP contribution in [0.1, 0.15) is 32.1 Å². The lowest BCUT2D eigenvalue weighted by molar-refractivity contribution is -0.139. The highest BCUT2D eigenvalue weighted by Gasteiger charge is 2.24. The molecule has 0 spiro atoms. The molecule has 14 heavy (non-hydrogen) atoms. The summed E-state index contributed by atoms with van der Waals surface area (Å²) in [6.45, 7) is 0.682. The maximum Gasteiger partial charge on any atom is 0.155 e. The predicted molar refractivity (Wildman–Crippen MR) is 57.4 cm³/mol. The second-order valence-corrected chi connectivity index (χ2v) is 4.64. The Balaban J connectivity index is 2.23. The largest absolute Gasteiger partial charge is 0.357 e. The van der Waals surface area contributed by atoms with Crippen LogP contribution in [0, 0.1) is 0 Å². The van der Waals surface area contributed by atoms with Gasteiger partial charge in [0.05, 0.1) is 0 Å². The number of hydrogen-bond donors (Lipinski definition) is 1. The zero-order chi connectivity index (χ0) is 10.4. The molecule has 1 rings (SSSR count). The van der Waals surface area contributed by atoms with E-state index in [4.69, 9.17) is 9.47 Å². The Hall–Kier alpha value is 0.0969. The maximum atomic E-state index is 5.21. The summed E-state index contributed by atoms with van der Waals surface area (Å²) in [6.07, 6.45) is 6.61. The Morgan fingerprint density at radius 2 is 1.79 bits per heavy atom. The van der Waals surface area contributed by atoms with Crippen LogP contribution in [0.4, 0.5) is 0 Å². The number of nitrogens with one attached hydrogen (secondary N) is 1. The van der Waals surface area contributed by atoms with Crippen LogP contribution in [0.5, 0.6) is 0 Å². The van der Waals surface area contributed by atoms with Crippen LogP contribution < -0.4 is 5.32 Å². The van der Waals surface area contributed by atoms with Gasteiger partial charge in [0.15, 0.2) is 5.41 Å². The minimum absolute atomic E-state index is 0.629. The second kappa shape index (κ2) is 5.85. The van der Waals surface area contributed by atoms with E-state index in [1.807, 2.05) is 0 Å². The first kappa shape index (κ1) is 12.2. The summed E-state index contributed by atoms with van der Waals surface area (Å²) in [5, 5.41) is 3.47. The fourth-order valence-corrected chi connectivity index (χ4v) is 1.92. The lowest BCUT2D eigenvalue weighted by atomic mass is 9.95. The summed E-state index contributed by atoms with van der Waals surface area (Å²) in [5.74, 6) is 0. The van der Waals surface area contributed by atoms with E-state index < -0.39 is 5.41 Å². The maximum absolute atomic E-state index is 5.21. The van der Waals surface area contributed by atoms with Gasteiger partial charge >= 0.3 is 0 Å². The molecule has 81 valence electrons. The van der Waals surface area contributed by atoms with Crippen LogP contribution in [0.25, 0.3) is 0 Å². The first-order valence-corrected chi connectivity index (χ1v) is 5.79. The Kier molecular flexibility index (Phi) is 5.09. The van der Waals surface area contributed by atoms with Crippen LogP contribution in [0.15, 0.2) is 0 Å². The van der Waals surface area contributed by atoms with E-state index in [1.165, 1.54) is 32.1 Å². The highest BCUT2D eigenvalue weighted by molar-refractivity contribution is 6.13. The van der Waals surface area contributed by atoms with Gasteiger partial charge in [-0.05, 0) is 12.8 Å². The molecule has 0 aromatic carbocycles. The predicted octanol–water partition coefficient (Wildman–Crippen LogP) is 1.02. The van der Waals surface area contributed by atoms with Crippen molar-refractivity contribution in [1.82, 2.24) is 5.32 Å². The molecule has 1 aliphatic carbocycles.